The van der Waals surface area contributed by atoms with Crippen LogP contribution in [-0.2, 0) is 28.1 Å². The summed E-state index contributed by atoms with van der Waals surface area (Å²) in [5, 5.41) is 5.88. The average Bonchev–Trinajstić information content (AvgIpc) is 3.43. The minimum absolute atomic E-state index is 0. The normalized spacial score (nSPS) is 10.9. The smallest absolute Gasteiger partial charge is 1.00 e. The molecule has 0 bridgehead atoms. The molecule has 228 valence electrons. The summed E-state index contributed by atoms with van der Waals surface area (Å²) >= 11 is 0. The van der Waals surface area contributed by atoms with E-state index in [0.717, 1.165) is 6.42 Å². The molecule has 0 aliphatic carbocycles. The molecule has 0 fully saturated rings. The summed E-state index contributed by atoms with van der Waals surface area (Å²) in [6.45, 7) is 13.8. The molecule has 0 saturated carbocycles. The van der Waals surface area contributed by atoms with Crippen LogP contribution in [0.5, 0.6) is 0 Å². The maximum absolute atomic E-state index is 2.63. The summed E-state index contributed by atoms with van der Waals surface area (Å²) in [7, 11) is -2.63. The zero-order valence-electron chi connectivity index (χ0n) is 26.6. The Morgan fingerprint density at radius 2 is 0.909 bits per heavy atom. The largest absolute Gasteiger partial charge is 4.00 e. The molecular weight excluding hydrogens is 651 g/mol. The molecule has 5 aromatic carbocycles. The fourth-order valence-corrected chi connectivity index (χ4v) is 11.0. The molecule has 0 aliphatic rings. The van der Waals surface area contributed by atoms with Crippen molar-refractivity contribution in [3.05, 3.63) is 149 Å². The molecule has 5 aromatic rings. The third-order valence-electron chi connectivity index (χ3n) is 8.46. The molecule has 5 heteroatoms. The molecule has 0 spiro atoms. The maximum atomic E-state index is 2.52. The first-order valence-corrected chi connectivity index (χ1v) is 16.9. The Morgan fingerprint density at radius 3 is 1.30 bits per heavy atom. The van der Waals surface area contributed by atoms with Crippen LogP contribution in [0, 0.1) is 0 Å². The van der Waals surface area contributed by atoms with Crippen LogP contribution in [0.3, 0.4) is 0 Å². The maximum Gasteiger partial charge on any atom is 4.00 e. The molecule has 0 atom stereocenters. The van der Waals surface area contributed by atoms with Gasteiger partial charge in [-0.15, -0.1) is 5.19 Å². The summed E-state index contributed by atoms with van der Waals surface area (Å²) in [4.78, 5) is 0. The van der Waals surface area contributed by atoms with Crippen molar-refractivity contribution in [2.45, 2.75) is 65.7 Å². The first-order valence-electron chi connectivity index (χ1n) is 14.9. The third kappa shape index (κ3) is 8.43. The molecule has 0 nitrogen and oxygen atoms in total. The summed E-state index contributed by atoms with van der Waals surface area (Å²) in [5.41, 5.74) is 6.97. The van der Waals surface area contributed by atoms with Crippen molar-refractivity contribution in [1.29, 1.82) is 0 Å². The number of halogens is 3. The second-order valence-corrected chi connectivity index (χ2v) is 16.1. The van der Waals surface area contributed by atoms with Crippen LogP contribution in [0.1, 0.15) is 87.1 Å². The first-order chi connectivity index (χ1) is 19.3. The van der Waals surface area contributed by atoms with E-state index in [0.29, 0.717) is 17.8 Å². The van der Waals surface area contributed by atoms with Crippen LogP contribution in [0.4, 0.5) is 0 Å². The van der Waals surface area contributed by atoms with Crippen molar-refractivity contribution >= 4 is 28.8 Å². The van der Waals surface area contributed by atoms with Crippen LogP contribution >= 0.6 is 0 Å². The van der Waals surface area contributed by atoms with Crippen LogP contribution < -0.4 is 58.0 Å². The second-order valence-electron chi connectivity index (χ2n) is 12.3. The minimum Gasteiger partial charge on any atom is -1.00 e. The fourth-order valence-electron chi connectivity index (χ4n) is 6.06. The molecule has 0 radical (unpaired) electrons. The Balaban J connectivity index is 0.00000242. The topological polar surface area (TPSA) is 0 Å². The van der Waals surface area contributed by atoms with Gasteiger partial charge in [0, 0.05) is 0 Å². The Bertz CT molecular complexity index is 1450. The molecule has 0 amide bonds. The van der Waals surface area contributed by atoms with Gasteiger partial charge >= 0.3 is 21.7 Å². The van der Waals surface area contributed by atoms with Crippen LogP contribution in [0.2, 0.25) is 0 Å². The quantitative estimate of drug-likeness (QED) is 0.103. The van der Waals surface area contributed by atoms with Crippen LogP contribution in [0.15, 0.2) is 121 Å². The van der Waals surface area contributed by atoms with E-state index in [2.05, 4.69) is 163 Å². The van der Waals surface area contributed by atoms with Crippen molar-refractivity contribution in [2.75, 3.05) is 0 Å². The molecule has 0 aromatic heterocycles. The van der Waals surface area contributed by atoms with Gasteiger partial charge in [-0.25, -0.2) is 6.07 Å². The molecule has 0 saturated heterocycles. The van der Waals surface area contributed by atoms with E-state index in [-0.39, 0.29) is 58.9 Å². The van der Waals surface area contributed by atoms with Gasteiger partial charge in [-0.1, -0.05) is 172 Å². The van der Waals surface area contributed by atoms with E-state index in [1.165, 1.54) is 48.6 Å². The van der Waals surface area contributed by atoms with Crippen LogP contribution in [-0.4, -0.2) is 8.07 Å². The van der Waals surface area contributed by atoms with Crippen molar-refractivity contribution < 1.29 is 58.9 Å². The Morgan fingerprint density at radius 1 is 0.500 bits per heavy atom. The monoisotopic (exact) mass is 692 g/mol. The number of hydrogen-bond donors (Lipinski definition) is 0. The van der Waals surface area contributed by atoms with E-state index >= 15 is 0 Å². The zero-order valence-corrected chi connectivity index (χ0v) is 31.4. The first kappa shape index (κ1) is 40.1. The van der Waals surface area contributed by atoms with Crippen molar-refractivity contribution in [3.63, 3.8) is 0 Å². The van der Waals surface area contributed by atoms with Gasteiger partial charge in [0.25, 0.3) is 0 Å². The van der Waals surface area contributed by atoms with E-state index in [9.17, 15) is 0 Å². The summed E-state index contributed by atoms with van der Waals surface area (Å²) < 4.78 is 0. The van der Waals surface area contributed by atoms with E-state index in [1.54, 1.807) is 0 Å². The van der Waals surface area contributed by atoms with Gasteiger partial charge in [0.1, 0.15) is 8.07 Å². The van der Waals surface area contributed by atoms with E-state index < -0.39 is 8.07 Å². The fraction of sp³-hybridized carbons (Fsp3) is 0.256. The summed E-state index contributed by atoms with van der Waals surface area (Å²) in [6.07, 6.45) is 0.954. The van der Waals surface area contributed by atoms with Crippen molar-refractivity contribution in [1.82, 2.24) is 0 Å². The standard InChI is InChI=1S/C39H43Si.3ClH.Ti/c1-28(2)33-15-10-18-36(25-33)40(37-19-11-16-34(26-37)29(3)4,38-20-12-17-35(27-38)30(5)6)39-22-21-32(24-39)23-31-13-8-7-9-14-31;;;;/h7-22,24-30H,23H2,1-6H3;3*1H;/q-1;;;;+4/p-3. The van der Waals surface area contributed by atoms with Crippen molar-refractivity contribution in [3.8, 4) is 0 Å². The van der Waals surface area contributed by atoms with E-state index in [1.807, 2.05) is 0 Å². The molecule has 0 aliphatic heterocycles. The molecule has 0 heterocycles. The van der Waals surface area contributed by atoms with Gasteiger partial charge in [0.05, 0.1) is 0 Å². The molecule has 5 rings (SSSR count). The van der Waals surface area contributed by atoms with Gasteiger partial charge in [0.15, 0.2) is 0 Å². The zero-order chi connectivity index (χ0) is 28.3. The van der Waals surface area contributed by atoms with Gasteiger partial charge in [-0.05, 0) is 34.4 Å². The second kappa shape index (κ2) is 17.7. The van der Waals surface area contributed by atoms with Crippen molar-refractivity contribution in [2.24, 2.45) is 0 Å². The van der Waals surface area contributed by atoms with Gasteiger partial charge in [0.2, 0.25) is 0 Å². The summed E-state index contributed by atoms with van der Waals surface area (Å²) in [6, 6.07) is 46.7. The van der Waals surface area contributed by atoms with Gasteiger partial charge < -0.3 is 37.2 Å². The third-order valence-corrected chi connectivity index (χ3v) is 13.2. The number of benzene rings is 4. The molecular formula is C39H43Cl3SiTi. The Hall–Kier alpha value is -1.97. The minimum atomic E-state index is -2.63. The molecule has 0 N–H and O–H groups in total. The summed E-state index contributed by atoms with van der Waals surface area (Å²) in [5.74, 6) is 1.43. The predicted octanol–water partition coefficient (Wildman–Crippen LogP) is -1.25. The SMILES string of the molecule is CC(C)c1cccc([Si](c2cccc(C(C)C)c2)(c2cccc(C(C)C)c2)[c-]2ccc(Cc3ccccc3)c2)c1.[Cl-].[Cl-].[Cl-].[Ti+4]. The average molecular weight is 694 g/mol. The molecule has 44 heavy (non-hydrogen) atoms. The predicted molar refractivity (Wildman–Crippen MR) is 177 cm³/mol. The Kier molecular flexibility index (Phi) is 16.1. The van der Waals surface area contributed by atoms with Gasteiger partial charge in [-0.2, -0.15) is 17.7 Å². The van der Waals surface area contributed by atoms with Crippen LogP contribution in [0.25, 0.3) is 0 Å². The van der Waals surface area contributed by atoms with E-state index in [4.69, 9.17) is 0 Å². The number of hydrogen-bond acceptors (Lipinski definition) is 0. The Labute approximate surface area is 300 Å². The number of rotatable bonds is 9. The molecule has 0 unspecified atom stereocenters. The van der Waals surface area contributed by atoms with Gasteiger partial charge in [-0.3, -0.25) is 0 Å².